The van der Waals surface area contributed by atoms with E-state index < -0.39 is 10.0 Å². The number of rotatable bonds is 5. The summed E-state index contributed by atoms with van der Waals surface area (Å²) in [7, 11) is -3.58. The summed E-state index contributed by atoms with van der Waals surface area (Å²) < 4.78 is 29.4. The van der Waals surface area contributed by atoms with Crippen LogP contribution in [0.1, 0.15) is 28.9 Å². The second kappa shape index (κ2) is 9.95. The second-order valence-corrected chi connectivity index (χ2v) is 10.5. The number of sulfonamides is 1. The summed E-state index contributed by atoms with van der Waals surface area (Å²) >= 11 is 0. The fraction of sp³-hybridized carbons (Fsp3) is 0.308. The summed E-state index contributed by atoms with van der Waals surface area (Å²) in [4.78, 5) is 14.9. The molecular formula is C26H30N4O3S. The Balaban J connectivity index is 1.45. The maximum Gasteiger partial charge on any atom is 0.246 e. The molecule has 34 heavy (non-hydrogen) atoms. The Kier molecular flexibility index (Phi) is 7.00. The van der Waals surface area contributed by atoms with E-state index in [1.807, 2.05) is 61.9 Å². The van der Waals surface area contributed by atoms with E-state index in [-0.39, 0.29) is 12.5 Å². The van der Waals surface area contributed by atoms with Crippen molar-refractivity contribution in [3.8, 4) is 5.69 Å². The van der Waals surface area contributed by atoms with E-state index in [2.05, 4.69) is 5.10 Å². The lowest BCUT2D eigenvalue weighted by Crippen LogP contribution is -2.36. The number of amides is 1. The maximum atomic E-state index is 13.0. The van der Waals surface area contributed by atoms with Crippen molar-refractivity contribution in [2.24, 2.45) is 0 Å². The largest absolute Gasteiger partial charge is 0.338 e. The highest BCUT2D eigenvalue weighted by molar-refractivity contribution is 7.89. The van der Waals surface area contributed by atoms with E-state index in [4.69, 9.17) is 0 Å². The van der Waals surface area contributed by atoms with Gasteiger partial charge in [0.25, 0.3) is 0 Å². The van der Waals surface area contributed by atoms with Crippen LogP contribution in [0.5, 0.6) is 0 Å². The van der Waals surface area contributed by atoms with Crippen molar-refractivity contribution in [2.45, 2.75) is 32.1 Å². The minimum Gasteiger partial charge on any atom is -0.338 e. The number of carbonyl (C=O) groups excluding carboxylic acids is 1. The highest BCUT2D eigenvalue weighted by Crippen LogP contribution is 2.21. The van der Waals surface area contributed by atoms with Crippen LogP contribution in [0, 0.1) is 20.8 Å². The number of hydrogen-bond donors (Lipinski definition) is 0. The van der Waals surface area contributed by atoms with Gasteiger partial charge in [0.2, 0.25) is 15.9 Å². The van der Waals surface area contributed by atoms with Crippen LogP contribution in [0.15, 0.2) is 65.6 Å². The fourth-order valence-electron chi connectivity index (χ4n) is 4.19. The van der Waals surface area contributed by atoms with Gasteiger partial charge in [0, 0.05) is 43.5 Å². The van der Waals surface area contributed by atoms with Crippen molar-refractivity contribution in [2.75, 3.05) is 26.2 Å². The molecule has 1 aromatic heterocycles. The molecule has 7 nitrogen and oxygen atoms in total. The first-order valence-corrected chi connectivity index (χ1v) is 12.9. The van der Waals surface area contributed by atoms with Crippen molar-refractivity contribution in [1.82, 2.24) is 19.0 Å². The van der Waals surface area contributed by atoms with Gasteiger partial charge in [-0.1, -0.05) is 35.9 Å². The molecule has 0 spiro atoms. The van der Waals surface area contributed by atoms with Crippen LogP contribution in [0.25, 0.3) is 11.8 Å². The van der Waals surface area contributed by atoms with Gasteiger partial charge in [-0.25, -0.2) is 13.1 Å². The number of para-hydroxylation sites is 1. The van der Waals surface area contributed by atoms with Crippen LogP contribution >= 0.6 is 0 Å². The van der Waals surface area contributed by atoms with Crippen LogP contribution in [0.4, 0.5) is 0 Å². The Morgan fingerprint density at radius 3 is 2.32 bits per heavy atom. The van der Waals surface area contributed by atoms with E-state index in [0.717, 1.165) is 28.2 Å². The molecule has 0 aliphatic carbocycles. The van der Waals surface area contributed by atoms with E-state index in [1.165, 1.54) is 4.31 Å². The van der Waals surface area contributed by atoms with E-state index in [0.29, 0.717) is 31.0 Å². The molecule has 2 aromatic carbocycles. The third kappa shape index (κ3) is 4.98. The first-order chi connectivity index (χ1) is 16.3. The standard InChI is InChI=1S/C26H30N4O3S/c1-20-10-12-24(13-11-20)34(32,33)29-17-7-16-28(18-19-29)26(31)15-14-25-21(2)27-30(22(25)3)23-8-5-4-6-9-23/h4-6,8-15H,7,16-19H2,1-3H3/b15-14+. The van der Waals surface area contributed by atoms with Gasteiger partial charge >= 0.3 is 0 Å². The zero-order chi connectivity index (χ0) is 24.3. The highest BCUT2D eigenvalue weighted by Gasteiger charge is 2.27. The lowest BCUT2D eigenvalue weighted by molar-refractivity contribution is -0.125. The minimum atomic E-state index is -3.58. The third-order valence-electron chi connectivity index (χ3n) is 6.17. The molecular weight excluding hydrogens is 448 g/mol. The van der Waals surface area contributed by atoms with Gasteiger partial charge in [0.1, 0.15) is 0 Å². The van der Waals surface area contributed by atoms with Crippen LogP contribution in [0.2, 0.25) is 0 Å². The van der Waals surface area contributed by atoms with Crippen LogP contribution in [-0.4, -0.2) is 59.5 Å². The monoisotopic (exact) mass is 478 g/mol. The SMILES string of the molecule is Cc1ccc(S(=O)(=O)N2CCCN(C(=O)/C=C/c3c(C)nn(-c4ccccc4)c3C)CC2)cc1. The molecule has 0 radical (unpaired) electrons. The molecule has 1 aliphatic heterocycles. The number of benzene rings is 2. The zero-order valence-corrected chi connectivity index (χ0v) is 20.6. The Morgan fingerprint density at radius 1 is 0.912 bits per heavy atom. The molecule has 8 heteroatoms. The van der Waals surface area contributed by atoms with Crippen LogP contribution in [-0.2, 0) is 14.8 Å². The molecule has 4 rings (SSSR count). The number of hydrogen-bond acceptors (Lipinski definition) is 4. The Labute approximate surface area is 201 Å². The Bertz CT molecular complexity index is 1300. The second-order valence-electron chi connectivity index (χ2n) is 8.56. The van der Waals surface area contributed by atoms with Crippen molar-refractivity contribution in [1.29, 1.82) is 0 Å². The van der Waals surface area contributed by atoms with Crippen molar-refractivity contribution >= 4 is 22.0 Å². The Hall–Kier alpha value is -3.23. The molecule has 0 unspecified atom stereocenters. The van der Waals surface area contributed by atoms with Gasteiger partial charge in [-0.15, -0.1) is 0 Å². The van der Waals surface area contributed by atoms with E-state index >= 15 is 0 Å². The highest BCUT2D eigenvalue weighted by atomic mass is 32.2. The Morgan fingerprint density at radius 2 is 1.62 bits per heavy atom. The van der Waals surface area contributed by atoms with Crippen LogP contribution < -0.4 is 0 Å². The molecule has 1 aliphatic rings. The lowest BCUT2D eigenvalue weighted by Gasteiger charge is -2.21. The first kappa shape index (κ1) is 23.9. The summed E-state index contributed by atoms with van der Waals surface area (Å²) in [6.45, 7) is 7.38. The van der Waals surface area contributed by atoms with Gasteiger partial charge < -0.3 is 4.90 Å². The van der Waals surface area contributed by atoms with Crippen molar-refractivity contribution in [3.63, 3.8) is 0 Å². The zero-order valence-electron chi connectivity index (χ0n) is 19.8. The minimum absolute atomic E-state index is 0.124. The third-order valence-corrected chi connectivity index (χ3v) is 8.08. The van der Waals surface area contributed by atoms with E-state index in [1.54, 1.807) is 35.2 Å². The molecule has 0 saturated carbocycles. The molecule has 2 heterocycles. The van der Waals surface area contributed by atoms with Gasteiger partial charge in [-0.2, -0.15) is 9.40 Å². The molecule has 178 valence electrons. The van der Waals surface area contributed by atoms with Gasteiger partial charge in [0.05, 0.1) is 16.3 Å². The van der Waals surface area contributed by atoms with E-state index in [9.17, 15) is 13.2 Å². The fourth-order valence-corrected chi connectivity index (χ4v) is 5.66. The van der Waals surface area contributed by atoms with Crippen molar-refractivity contribution in [3.05, 3.63) is 83.2 Å². The van der Waals surface area contributed by atoms with Crippen LogP contribution in [0.3, 0.4) is 0 Å². The smallest absolute Gasteiger partial charge is 0.246 e. The number of aromatic nitrogens is 2. The molecule has 1 fully saturated rings. The summed E-state index contributed by atoms with van der Waals surface area (Å²) in [5.41, 5.74) is 4.70. The maximum absolute atomic E-state index is 13.0. The van der Waals surface area contributed by atoms with Crippen molar-refractivity contribution < 1.29 is 13.2 Å². The molecule has 3 aromatic rings. The molecule has 0 atom stereocenters. The molecule has 1 amide bonds. The first-order valence-electron chi connectivity index (χ1n) is 11.4. The van der Waals surface area contributed by atoms with Gasteiger partial charge in [-0.05, 0) is 57.5 Å². The predicted octanol–water partition coefficient (Wildman–Crippen LogP) is 3.73. The number of nitrogens with zero attached hydrogens (tertiary/aromatic N) is 4. The quantitative estimate of drug-likeness (QED) is 0.524. The van der Waals surface area contributed by atoms with Gasteiger partial charge in [-0.3, -0.25) is 4.79 Å². The average molecular weight is 479 g/mol. The summed E-state index contributed by atoms with van der Waals surface area (Å²) in [6, 6.07) is 16.8. The predicted molar refractivity (Wildman–Crippen MR) is 133 cm³/mol. The average Bonchev–Trinajstić information content (AvgIpc) is 2.99. The number of aryl methyl sites for hydroxylation is 2. The molecule has 1 saturated heterocycles. The molecule has 0 N–H and O–H groups in total. The van der Waals surface area contributed by atoms with Gasteiger partial charge in [0.15, 0.2) is 0 Å². The summed E-state index contributed by atoms with van der Waals surface area (Å²) in [5, 5.41) is 4.62. The topological polar surface area (TPSA) is 75.5 Å². The lowest BCUT2D eigenvalue weighted by atomic mass is 10.1. The summed E-state index contributed by atoms with van der Waals surface area (Å²) in [5.74, 6) is -0.124. The summed E-state index contributed by atoms with van der Waals surface area (Å²) in [6.07, 6.45) is 3.97. The normalized spacial score (nSPS) is 15.6. The molecule has 0 bridgehead atoms. The number of carbonyl (C=O) groups is 1.